The molecule has 1 amide bonds. The molecular formula is C23H28N4O3. The average Bonchev–Trinajstić information content (AvgIpc) is 2.73. The van der Waals surface area contributed by atoms with Crippen LogP contribution < -0.4 is 10.6 Å². The molecule has 1 aromatic heterocycles. The fourth-order valence-electron chi connectivity index (χ4n) is 4.85. The van der Waals surface area contributed by atoms with Crippen LogP contribution in [0.2, 0.25) is 0 Å². The maximum atomic E-state index is 13.0. The van der Waals surface area contributed by atoms with E-state index in [0.29, 0.717) is 30.3 Å². The van der Waals surface area contributed by atoms with Gasteiger partial charge in [0.05, 0.1) is 11.6 Å². The molecule has 0 radical (unpaired) electrons. The first kappa shape index (κ1) is 20.3. The van der Waals surface area contributed by atoms with Crippen molar-refractivity contribution in [1.29, 1.82) is 0 Å². The van der Waals surface area contributed by atoms with Crippen LogP contribution in [-0.4, -0.2) is 33.5 Å². The maximum Gasteiger partial charge on any atom is 0.306 e. The highest BCUT2D eigenvalue weighted by atomic mass is 16.4. The largest absolute Gasteiger partial charge is 0.481 e. The zero-order chi connectivity index (χ0) is 21.4. The van der Waals surface area contributed by atoms with Crippen LogP contribution in [0.1, 0.15) is 66.0 Å². The lowest BCUT2D eigenvalue weighted by Gasteiger charge is -2.31. The topological polar surface area (TPSA) is 109 Å². The van der Waals surface area contributed by atoms with Crippen LogP contribution in [0, 0.1) is 18.8 Å². The minimum atomic E-state index is -0.697. The predicted molar refractivity (Wildman–Crippen MR) is 115 cm³/mol. The van der Waals surface area contributed by atoms with E-state index in [1.165, 1.54) is 5.56 Å². The van der Waals surface area contributed by atoms with Crippen molar-refractivity contribution in [3.8, 4) is 0 Å². The molecule has 0 bridgehead atoms. The van der Waals surface area contributed by atoms with Crippen molar-refractivity contribution in [2.24, 2.45) is 11.8 Å². The van der Waals surface area contributed by atoms with E-state index in [1.807, 2.05) is 19.1 Å². The number of hydrogen-bond donors (Lipinski definition) is 2. The molecular weight excluding hydrogens is 380 g/mol. The molecule has 7 heteroatoms. The molecule has 3 N–H and O–H groups in total. The number of hydrogen-bond acceptors (Lipinski definition) is 5. The molecule has 1 aliphatic heterocycles. The monoisotopic (exact) mass is 408 g/mol. The number of carboxylic acids is 1. The van der Waals surface area contributed by atoms with E-state index in [-0.39, 0.29) is 23.6 Å². The van der Waals surface area contributed by atoms with Crippen LogP contribution in [0.5, 0.6) is 0 Å². The number of nitrogen functional groups attached to an aromatic ring is 1. The number of nitrogens with two attached hydrogens (primary N) is 1. The molecule has 2 heterocycles. The smallest absolute Gasteiger partial charge is 0.306 e. The first-order valence-corrected chi connectivity index (χ1v) is 10.6. The summed E-state index contributed by atoms with van der Waals surface area (Å²) < 4.78 is 0. The van der Waals surface area contributed by atoms with Crippen molar-refractivity contribution in [2.75, 3.05) is 17.2 Å². The number of amides is 1. The highest BCUT2D eigenvalue weighted by molar-refractivity contribution is 6.10. The number of aryl methyl sites for hydroxylation is 1. The molecule has 0 spiro atoms. The summed E-state index contributed by atoms with van der Waals surface area (Å²) in [5.74, 6) is 0.421. The Labute approximate surface area is 176 Å². The second kappa shape index (κ2) is 8.05. The Morgan fingerprint density at radius 2 is 1.83 bits per heavy atom. The van der Waals surface area contributed by atoms with Gasteiger partial charge in [-0.3, -0.25) is 9.59 Å². The number of aromatic nitrogens is 2. The van der Waals surface area contributed by atoms with Gasteiger partial charge in [0, 0.05) is 18.7 Å². The van der Waals surface area contributed by atoms with Crippen molar-refractivity contribution in [3.63, 3.8) is 0 Å². The number of benzene rings is 1. The summed E-state index contributed by atoms with van der Waals surface area (Å²) in [6, 6.07) is 8.18. The Hall–Kier alpha value is -2.96. The van der Waals surface area contributed by atoms with E-state index in [9.17, 15) is 14.7 Å². The van der Waals surface area contributed by atoms with Crippen LogP contribution in [0.25, 0.3) is 0 Å². The Bertz CT molecular complexity index is 965. The zero-order valence-corrected chi connectivity index (χ0v) is 17.5. The predicted octanol–water partition coefficient (Wildman–Crippen LogP) is 3.56. The van der Waals surface area contributed by atoms with Crippen molar-refractivity contribution < 1.29 is 14.7 Å². The summed E-state index contributed by atoms with van der Waals surface area (Å²) >= 11 is 0. The standard InChI is InChI=1S/C23H28N4O3/c1-13(23(29)30)15-3-5-16(6-4-15)17-7-9-18(10-8-17)27-12-11-19-20(22(27)28)21(24)26-14(2)25-19/h7-10,13,15-16H,3-6,11-12H2,1-2H3,(H,29,30)(H2,24,25,26)/t13?,15-,16+. The van der Waals surface area contributed by atoms with Gasteiger partial charge < -0.3 is 15.7 Å². The molecule has 1 fully saturated rings. The third-order valence-corrected chi connectivity index (χ3v) is 6.70. The SMILES string of the molecule is Cc1nc(N)c2c(n1)CCN(c1ccc([C@H]3CC[C@@H](C(C)C(=O)O)CC3)cc1)C2=O. The number of nitrogens with zero attached hydrogens (tertiary/aromatic N) is 3. The lowest BCUT2D eigenvalue weighted by atomic mass is 9.74. The van der Waals surface area contributed by atoms with Gasteiger partial charge >= 0.3 is 5.97 Å². The molecule has 1 atom stereocenters. The summed E-state index contributed by atoms with van der Waals surface area (Å²) in [6.45, 7) is 4.16. The minimum Gasteiger partial charge on any atom is -0.481 e. The molecule has 2 aliphatic rings. The summed E-state index contributed by atoms with van der Waals surface area (Å²) in [6.07, 6.45) is 4.55. The molecule has 1 unspecified atom stereocenters. The number of anilines is 2. The van der Waals surface area contributed by atoms with E-state index in [1.54, 1.807) is 11.8 Å². The van der Waals surface area contributed by atoms with E-state index in [4.69, 9.17) is 5.73 Å². The minimum absolute atomic E-state index is 0.148. The molecule has 158 valence electrons. The number of carbonyl (C=O) groups excluding carboxylic acids is 1. The van der Waals surface area contributed by atoms with E-state index < -0.39 is 5.97 Å². The number of fused-ring (bicyclic) bond motifs is 1. The lowest BCUT2D eigenvalue weighted by molar-refractivity contribution is -0.143. The Morgan fingerprint density at radius 1 is 1.17 bits per heavy atom. The third-order valence-electron chi connectivity index (χ3n) is 6.70. The molecule has 1 aromatic carbocycles. The normalized spacial score (nSPS) is 22.5. The van der Waals surface area contributed by atoms with E-state index in [0.717, 1.165) is 37.1 Å². The van der Waals surface area contributed by atoms with E-state index in [2.05, 4.69) is 22.1 Å². The second-order valence-corrected chi connectivity index (χ2v) is 8.51. The van der Waals surface area contributed by atoms with Crippen LogP contribution in [0.4, 0.5) is 11.5 Å². The van der Waals surface area contributed by atoms with Gasteiger partial charge in [0.25, 0.3) is 5.91 Å². The second-order valence-electron chi connectivity index (χ2n) is 8.51. The molecule has 1 saturated carbocycles. The molecule has 0 saturated heterocycles. The van der Waals surface area contributed by atoms with Gasteiger partial charge in [0.1, 0.15) is 17.2 Å². The van der Waals surface area contributed by atoms with Gasteiger partial charge in [-0.1, -0.05) is 19.1 Å². The number of aliphatic carboxylic acids is 1. The van der Waals surface area contributed by atoms with Gasteiger partial charge in [0.2, 0.25) is 0 Å². The molecule has 2 aromatic rings. The van der Waals surface area contributed by atoms with Gasteiger partial charge in [-0.15, -0.1) is 0 Å². The van der Waals surface area contributed by atoms with Crippen molar-refractivity contribution in [3.05, 3.63) is 46.9 Å². The first-order chi connectivity index (χ1) is 14.3. The van der Waals surface area contributed by atoms with E-state index >= 15 is 0 Å². The zero-order valence-electron chi connectivity index (χ0n) is 17.5. The summed E-state index contributed by atoms with van der Waals surface area (Å²) in [5.41, 5.74) is 9.26. The average molecular weight is 409 g/mol. The van der Waals surface area contributed by atoms with Crippen LogP contribution in [0.15, 0.2) is 24.3 Å². The van der Waals surface area contributed by atoms with Gasteiger partial charge in [0.15, 0.2) is 0 Å². The highest BCUT2D eigenvalue weighted by Crippen LogP contribution is 2.39. The number of carboxylic acid groups (broad SMARTS) is 1. The Morgan fingerprint density at radius 3 is 2.47 bits per heavy atom. The van der Waals surface area contributed by atoms with Crippen molar-refractivity contribution in [1.82, 2.24) is 9.97 Å². The fourth-order valence-corrected chi connectivity index (χ4v) is 4.85. The van der Waals surface area contributed by atoms with Gasteiger partial charge in [-0.2, -0.15) is 0 Å². The third kappa shape index (κ3) is 3.76. The van der Waals surface area contributed by atoms with Gasteiger partial charge in [-0.05, 0) is 62.1 Å². The Kier molecular flexibility index (Phi) is 5.45. The summed E-state index contributed by atoms with van der Waals surface area (Å²) in [5, 5.41) is 9.24. The van der Waals surface area contributed by atoms with Crippen molar-refractivity contribution in [2.45, 2.75) is 51.9 Å². The first-order valence-electron chi connectivity index (χ1n) is 10.6. The maximum absolute atomic E-state index is 13.0. The fraction of sp³-hybridized carbons (Fsp3) is 0.478. The molecule has 4 rings (SSSR count). The highest BCUT2D eigenvalue weighted by Gasteiger charge is 2.31. The van der Waals surface area contributed by atoms with Crippen LogP contribution in [-0.2, 0) is 11.2 Å². The molecule has 1 aliphatic carbocycles. The quantitative estimate of drug-likeness (QED) is 0.800. The van der Waals surface area contributed by atoms with Crippen LogP contribution in [0.3, 0.4) is 0 Å². The Balaban J connectivity index is 1.46. The van der Waals surface area contributed by atoms with Gasteiger partial charge in [-0.25, -0.2) is 9.97 Å². The molecule has 30 heavy (non-hydrogen) atoms. The summed E-state index contributed by atoms with van der Waals surface area (Å²) in [4.78, 5) is 34.5. The lowest BCUT2D eigenvalue weighted by Crippen LogP contribution is -2.39. The van der Waals surface area contributed by atoms with Crippen molar-refractivity contribution >= 4 is 23.4 Å². The van der Waals surface area contributed by atoms with Crippen LogP contribution >= 0.6 is 0 Å². The number of rotatable bonds is 4. The number of carbonyl (C=O) groups is 2. The molecule has 7 nitrogen and oxygen atoms in total. The summed E-state index contributed by atoms with van der Waals surface area (Å²) in [7, 11) is 0.